The number of likely N-dealkylation sites (N-methyl/N-ethyl adjacent to an activating group) is 2. The Hall–Kier alpha value is -2.20. The highest BCUT2D eigenvalue weighted by atomic mass is 16.2. The summed E-state index contributed by atoms with van der Waals surface area (Å²) in [6.07, 6.45) is 5.93. The molecule has 3 rings (SSSR count). The number of hydrogen-bond acceptors (Lipinski definition) is 6. The smallest absolute Gasteiger partial charge is 0.245 e. The van der Waals surface area contributed by atoms with Crippen LogP contribution in [0.25, 0.3) is 0 Å². The lowest BCUT2D eigenvalue weighted by molar-refractivity contribution is -0.144. The lowest BCUT2D eigenvalue weighted by Crippen LogP contribution is -2.61. The number of nitrogens with two attached hydrogens (primary N) is 1. The van der Waals surface area contributed by atoms with Crippen LogP contribution in [0, 0.1) is 11.3 Å². The third-order valence-electron chi connectivity index (χ3n) is 9.02. The average Bonchev–Trinajstić information content (AvgIpc) is 3.54. The molecule has 5 atom stereocenters. The van der Waals surface area contributed by atoms with Gasteiger partial charge in [0.25, 0.3) is 0 Å². The molecule has 4 amide bonds. The predicted molar refractivity (Wildman–Crippen MR) is 152 cm³/mol. The Labute approximate surface area is 235 Å². The van der Waals surface area contributed by atoms with Gasteiger partial charge >= 0.3 is 0 Å². The number of nitrogens with one attached hydrogen (secondary N) is 1. The van der Waals surface area contributed by atoms with Crippen molar-refractivity contribution in [1.29, 1.82) is 0 Å². The van der Waals surface area contributed by atoms with Crippen LogP contribution in [-0.4, -0.2) is 114 Å². The van der Waals surface area contributed by atoms with E-state index in [1.165, 1.54) is 0 Å². The normalized spacial score (nSPS) is 26.5. The SMILES string of the molecule is CC(C)C(CN1CCC[C@H]1C(=O)N1CCCC1C(N)=O)N(C)C(=O)C(NC(=O)C1CCCCN1C)C(C)(C)C. The van der Waals surface area contributed by atoms with Crippen LogP contribution in [0.3, 0.4) is 0 Å². The van der Waals surface area contributed by atoms with Crippen molar-refractivity contribution in [3.8, 4) is 0 Å². The Morgan fingerprint density at radius 2 is 1.54 bits per heavy atom. The first-order chi connectivity index (χ1) is 18.2. The summed E-state index contributed by atoms with van der Waals surface area (Å²) in [5, 5.41) is 3.11. The summed E-state index contributed by atoms with van der Waals surface area (Å²) in [6, 6.07) is -1.85. The number of amides is 4. The van der Waals surface area contributed by atoms with Gasteiger partial charge in [0.2, 0.25) is 23.6 Å². The number of nitrogens with zero attached hydrogens (tertiary/aromatic N) is 4. The van der Waals surface area contributed by atoms with Crippen molar-refractivity contribution in [1.82, 2.24) is 24.9 Å². The van der Waals surface area contributed by atoms with Crippen molar-refractivity contribution in [2.75, 3.05) is 40.3 Å². The minimum Gasteiger partial charge on any atom is -0.368 e. The molecule has 3 saturated heterocycles. The van der Waals surface area contributed by atoms with E-state index in [0.29, 0.717) is 19.5 Å². The third kappa shape index (κ3) is 7.31. The van der Waals surface area contributed by atoms with Gasteiger partial charge in [0.1, 0.15) is 12.1 Å². The fourth-order valence-corrected chi connectivity index (χ4v) is 6.52. The molecule has 3 aliphatic heterocycles. The second-order valence-electron chi connectivity index (χ2n) is 13.3. The Balaban J connectivity index is 1.74. The van der Waals surface area contributed by atoms with E-state index in [1.54, 1.807) is 9.80 Å². The average molecular weight is 549 g/mol. The summed E-state index contributed by atoms with van der Waals surface area (Å²) in [6.45, 7) is 12.9. The van der Waals surface area contributed by atoms with Gasteiger partial charge in [0, 0.05) is 26.2 Å². The second kappa shape index (κ2) is 13.0. The fraction of sp³-hybridized carbons (Fsp3) is 0.862. The molecule has 222 valence electrons. The highest BCUT2D eigenvalue weighted by Crippen LogP contribution is 2.28. The standard InChI is InChI=1S/C29H52N6O4/c1-19(2)23(18-34-16-10-14-22(34)27(38)35-17-11-13-20(35)25(30)36)33(7)28(39)24(29(3,4)5)31-26(37)21-12-8-9-15-32(21)6/h19-24H,8-18H2,1-7H3,(H2,30,36)(H,31,37)/t20?,21?,22-,23?,24?/m0/s1. The molecule has 0 aliphatic carbocycles. The molecule has 3 aliphatic rings. The zero-order chi connectivity index (χ0) is 29.1. The summed E-state index contributed by atoms with van der Waals surface area (Å²) in [7, 11) is 3.79. The lowest BCUT2D eigenvalue weighted by Gasteiger charge is -2.41. The van der Waals surface area contributed by atoms with Crippen LogP contribution >= 0.6 is 0 Å². The highest BCUT2D eigenvalue weighted by Gasteiger charge is 2.43. The van der Waals surface area contributed by atoms with Gasteiger partial charge in [-0.15, -0.1) is 0 Å². The number of primary amides is 1. The molecule has 3 N–H and O–H groups in total. The zero-order valence-corrected chi connectivity index (χ0v) is 25.2. The minimum absolute atomic E-state index is 0.0262. The van der Waals surface area contributed by atoms with Gasteiger partial charge in [-0.2, -0.15) is 0 Å². The van der Waals surface area contributed by atoms with Crippen molar-refractivity contribution in [3.63, 3.8) is 0 Å². The molecule has 3 fully saturated rings. The maximum atomic E-state index is 14.0. The molecule has 39 heavy (non-hydrogen) atoms. The zero-order valence-electron chi connectivity index (χ0n) is 25.2. The highest BCUT2D eigenvalue weighted by molar-refractivity contribution is 5.91. The first-order valence-corrected chi connectivity index (χ1v) is 14.8. The monoisotopic (exact) mass is 548 g/mol. The summed E-state index contributed by atoms with van der Waals surface area (Å²) in [5.41, 5.74) is 5.11. The van der Waals surface area contributed by atoms with Crippen LogP contribution in [0.2, 0.25) is 0 Å². The van der Waals surface area contributed by atoms with Gasteiger partial charge in [-0.25, -0.2) is 0 Å². The largest absolute Gasteiger partial charge is 0.368 e. The van der Waals surface area contributed by atoms with E-state index in [0.717, 1.165) is 51.6 Å². The maximum Gasteiger partial charge on any atom is 0.245 e. The van der Waals surface area contributed by atoms with E-state index in [1.807, 2.05) is 34.9 Å². The Morgan fingerprint density at radius 3 is 2.13 bits per heavy atom. The number of likely N-dealkylation sites (tertiary alicyclic amines) is 3. The van der Waals surface area contributed by atoms with E-state index < -0.39 is 23.4 Å². The minimum atomic E-state index is -0.663. The molecule has 4 unspecified atom stereocenters. The fourth-order valence-electron chi connectivity index (χ4n) is 6.52. The van der Waals surface area contributed by atoms with Crippen molar-refractivity contribution >= 4 is 23.6 Å². The van der Waals surface area contributed by atoms with Gasteiger partial charge in [0.15, 0.2) is 0 Å². The van der Waals surface area contributed by atoms with E-state index >= 15 is 0 Å². The van der Waals surface area contributed by atoms with Gasteiger partial charge in [0.05, 0.1) is 12.1 Å². The number of carbonyl (C=O) groups excluding carboxylic acids is 4. The molecule has 0 aromatic carbocycles. The molecular formula is C29H52N6O4. The molecule has 0 radical (unpaired) electrons. The van der Waals surface area contributed by atoms with Crippen LogP contribution < -0.4 is 11.1 Å². The Bertz CT molecular complexity index is 903. The molecule has 3 heterocycles. The number of hydrogen-bond donors (Lipinski definition) is 2. The van der Waals surface area contributed by atoms with Crippen molar-refractivity contribution in [2.45, 2.75) is 110 Å². The van der Waals surface area contributed by atoms with Gasteiger partial charge in [-0.3, -0.25) is 29.0 Å². The third-order valence-corrected chi connectivity index (χ3v) is 9.02. The molecule has 0 aromatic rings. The maximum absolute atomic E-state index is 14.0. The summed E-state index contributed by atoms with van der Waals surface area (Å²) < 4.78 is 0. The van der Waals surface area contributed by atoms with Gasteiger partial charge < -0.3 is 20.9 Å². The van der Waals surface area contributed by atoms with Crippen LogP contribution in [-0.2, 0) is 19.2 Å². The molecule has 10 heteroatoms. The molecular weight excluding hydrogens is 496 g/mol. The van der Waals surface area contributed by atoms with Crippen LogP contribution in [0.4, 0.5) is 0 Å². The molecule has 0 saturated carbocycles. The van der Waals surface area contributed by atoms with E-state index in [4.69, 9.17) is 5.73 Å². The second-order valence-corrected chi connectivity index (χ2v) is 13.3. The molecule has 0 bridgehead atoms. The number of rotatable bonds is 9. The first kappa shape index (κ1) is 31.3. The Kier molecular flexibility index (Phi) is 10.4. The summed E-state index contributed by atoms with van der Waals surface area (Å²) in [5.74, 6) is -0.517. The van der Waals surface area contributed by atoms with Crippen molar-refractivity contribution < 1.29 is 19.2 Å². The summed E-state index contributed by atoms with van der Waals surface area (Å²) in [4.78, 5) is 60.4. The number of carbonyl (C=O) groups is 4. The predicted octanol–water partition coefficient (Wildman–Crippen LogP) is 1.43. The Morgan fingerprint density at radius 1 is 0.923 bits per heavy atom. The van der Waals surface area contributed by atoms with Crippen LogP contribution in [0.5, 0.6) is 0 Å². The van der Waals surface area contributed by atoms with Crippen LogP contribution in [0.1, 0.15) is 79.6 Å². The van der Waals surface area contributed by atoms with Gasteiger partial charge in [-0.1, -0.05) is 41.0 Å². The van der Waals surface area contributed by atoms with E-state index in [-0.39, 0.29) is 41.8 Å². The molecule has 10 nitrogen and oxygen atoms in total. The van der Waals surface area contributed by atoms with Crippen molar-refractivity contribution in [3.05, 3.63) is 0 Å². The number of piperidine rings is 1. The van der Waals surface area contributed by atoms with Gasteiger partial charge in [-0.05, 0) is 70.0 Å². The summed E-state index contributed by atoms with van der Waals surface area (Å²) >= 11 is 0. The first-order valence-electron chi connectivity index (χ1n) is 14.8. The van der Waals surface area contributed by atoms with Crippen LogP contribution in [0.15, 0.2) is 0 Å². The topological polar surface area (TPSA) is 119 Å². The van der Waals surface area contributed by atoms with E-state index in [2.05, 4.69) is 29.0 Å². The molecule has 0 aromatic heterocycles. The molecule has 0 spiro atoms. The quantitative estimate of drug-likeness (QED) is 0.450. The van der Waals surface area contributed by atoms with Crippen molar-refractivity contribution in [2.24, 2.45) is 17.1 Å². The lowest BCUT2D eigenvalue weighted by atomic mass is 9.84. The van der Waals surface area contributed by atoms with E-state index in [9.17, 15) is 19.2 Å².